The third-order valence-electron chi connectivity index (χ3n) is 3.43. The Morgan fingerprint density at radius 1 is 1.40 bits per heavy atom. The third kappa shape index (κ3) is 2.65. The summed E-state index contributed by atoms with van der Waals surface area (Å²) in [6.45, 7) is 3.09. The van der Waals surface area contributed by atoms with Crippen molar-refractivity contribution < 1.29 is 0 Å². The molecule has 1 aliphatic carbocycles. The number of rotatable bonds is 5. The van der Waals surface area contributed by atoms with E-state index >= 15 is 0 Å². The third-order valence-corrected chi connectivity index (χ3v) is 4.49. The Kier molecular flexibility index (Phi) is 3.91. The first kappa shape index (κ1) is 13.8. The topological polar surface area (TPSA) is 55.6 Å². The smallest absolute Gasteiger partial charge is 0.180 e. The van der Waals surface area contributed by atoms with Crippen LogP contribution in [0.25, 0.3) is 11.5 Å². The molecule has 2 heterocycles. The highest BCUT2D eigenvalue weighted by atomic mass is 127. The predicted octanol–water partition coefficient (Wildman–Crippen LogP) is 3.18. The number of aryl methyl sites for hydroxylation is 1. The summed E-state index contributed by atoms with van der Waals surface area (Å²) in [5.74, 6) is 2.34. The second kappa shape index (κ2) is 5.67. The number of anilines is 1. The van der Waals surface area contributed by atoms with E-state index in [0.717, 1.165) is 30.3 Å². The molecule has 1 N–H and O–H groups in total. The van der Waals surface area contributed by atoms with Crippen LogP contribution in [0.2, 0.25) is 0 Å². The number of imidazole rings is 1. The van der Waals surface area contributed by atoms with Gasteiger partial charge in [-0.15, -0.1) is 0 Å². The first-order chi connectivity index (χ1) is 9.70. The molecule has 20 heavy (non-hydrogen) atoms. The fraction of sp³-hybridized carbons (Fsp3) is 0.500. The molecule has 1 aliphatic rings. The Labute approximate surface area is 132 Å². The average Bonchev–Trinajstić information content (AvgIpc) is 3.20. The van der Waals surface area contributed by atoms with Crippen LogP contribution in [0.5, 0.6) is 0 Å². The van der Waals surface area contributed by atoms with Crippen LogP contribution >= 0.6 is 22.6 Å². The number of nitrogens with zero attached hydrogens (tertiary/aromatic N) is 4. The molecule has 106 valence electrons. The molecule has 0 unspecified atom stereocenters. The predicted molar refractivity (Wildman–Crippen MR) is 87.7 cm³/mol. The lowest BCUT2D eigenvalue weighted by Crippen LogP contribution is -2.09. The Morgan fingerprint density at radius 2 is 2.20 bits per heavy atom. The van der Waals surface area contributed by atoms with E-state index in [9.17, 15) is 0 Å². The zero-order chi connectivity index (χ0) is 14.1. The van der Waals surface area contributed by atoms with Gasteiger partial charge >= 0.3 is 0 Å². The molecule has 1 saturated carbocycles. The second-order valence-electron chi connectivity index (χ2n) is 5.19. The zero-order valence-electron chi connectivity index (χ0n) is 11.7. The molecule has 0 aromatic carbocycles. The minimum Gasteiger partial charge on any atom is -0.369 e. The summed E-state index contributed by atoms with van der Waals surface area (Å²) in [6, 6.07) is 0. The van der Waals surface area contributed by atoms with Crippen molar-refractivity contribution in [1.82, 2.24) is 19.5 Å². The highest BCUT2D eigenvalue weighted by Gasteiger charge is 2.29. The van der Waals surface area contributed by atoms with Crippen molar-refractivity contribution in [2.45, 2.75) is 32.1 Å². The summed E-state index contributed by atoms with van der Waals surface area (Å²) in [5, 5.41) is 3.42. The van der Waals surface area contributed by atoms with Crippen molar-refractivity contribution in [3.63, 3.8) is 0 Å². The van der Waals surface area contributed by atoms with Crippen LogP contribution < -0.4 is 5.32 Å². The maximum absolute atomic E-state index is 4.79. The van der Waals surface area contributed by atoms with Gasteiger partial charge in [0.15, 0.2) is 5.82 Å². The van der Waals surface area contributed by atoms with Crippen molar-refractivity contribution in [2.24, 2.45) is 7.05 Å². The molecule has 0 radical (unpaired) electrons. The van der Waals surface area contributed by atoms with Crippen LogP contribution in [0.15, 0.2) is 12.5 Å². The largest absolute Gasteiger partial charge is 0.369 e. The number of hydrogen-bond acceptors (Lipinski definition) is 4. The van der Waals surface area contributed by atoms with Crippen LogP contribution in [-0.4, -0.2) is 26.1 Å². The van der Waals surface area contributed by atoms with Gasteiger partial charge in [0.25, 0.3) is 0 Å². The van der Waals surface area contributed by atoms with E-state index in [1.165, 1.54) is 22.1 Å². The van der Waals surface area contributed by atoms with Gasteiger partial charge in [-0.05, 0) is 41.9 Å². The van der Waals surface area contributed by atoms with Crippen LogP contribution in [0.3, 0.4) is 0 Å². The van der Waals surface area contributed by atoms with Crippen LogP contribution in [0, 0.1) is 3.57 Å². The van der Waals surface area contributed by atoms with Gasteiger partial charge < -0.3 is 9.88 Å². The lowest BCUT2D eigenvalue weighted by molar-refractivity contribution is 0.891. The number of nitrogens with one attached hydrogen (secondary N) is 1. The average molecular weight is 383 g/mol. The first-order valence-electron chi connectivity index (χ1n) is 6.98. The molecular weight excluding hydrogens is 365 g/mol. The van der Waals surface area contributed by atoms with E-state index in [0.29, 0.717) is 5.92 Å². The normalized spacial score (nSPS) is 14.6. The van der Waals surface area contributed by atoms with Crippen molar-refractivity contribution in [3.8, 4) is 11.5 Å². The quantitative estimate of drug-likeness (QED) is 0.806. The maximum Gasteiger partial charge on any atom is 0.180 e. The van der Waals surface area contributed by atoms with Gasteiger partial charge in [-0.25, -0.2) is 15.0 Å². The van der Waals surface area contributed by atoms with Crippen LogP contribution in [-0.2, 0) is 7.05 Å². The summed E-state index contributed by atoms with van der Waals surface area (Å²) in [4.78, 5) is 13.6. The molecule has 1 fully saturated rings. The minimum absolute atomic E-state index is 0.610. The fourth-order valence-corrected chi connectivity index (χ4v) is 3.01. The molecule has 2 aromatic rings. The summed E-state index contributed by atoms with van der Waals surface area (Å²) in [6.07, 6.45) is 7.17. The molecule has 0 amide bonds. The van der Waals surface area contributed by atoms with Crippen molar-refractivity contribution >= 4 is 28.4 Å². The monoisotopic (exact) mass is 383 g/mol. The van der Waals surface area contributed by atoms with E-state index in [1.54, 1.807) is 6.33 Å². The molecule has 6 heteroatoms. The van der Waals surface area contributed by atoms with Crippen molar-refractivity contribution in [2.75, 3.05) is 11.9 Å². The van der Waals surface area contributed by atoms with E-state index in [1.807, 2.05) is 17.8 Å². The van der Waals surface area contributed by atoms with E-state index < -0.39 is 0 Å². The number of halogens is 1. The summed E-state index contributed by atoms with van der Waals surface area (Å²) in [5.41, 5.74) is 2.15. The van der Waals surface area contributed by atoms with Crippen LogP contribution in [0.4, 0.5) is 5.82 Å². The molecule has 0 aliphatic heterocycles. The fourth-order valence-electron chi connectivity index (χ4n) is 2.14. The van der Waals surface area contributed by atoms with Gasteiger partial charge in [0.05, 0.1) is 21.8 Å². The summed E-state index contributed by atoms with van der Waals surface area (Å²) < 4.78 is 3.13. The molecular formula is C14H18IN5. The molecule has 3 rings (SSSR count). The Morgan fingerprint density at radius 3 is 2.80 bits per heavy atom. The number of hydrogen-bond donors (Lipinski definition) is 1. The Hall–Kier alpha value is -1.18. The van der Waals surface area contributed by atoms with Gasteiger partial charge in [-0.2, -0.15) is 0 Å². The van der Waals surface area contributed by atoms with Crippen molar-refractivity contribution in [1.29, 1.82) is 0 Å². The second-order valence-corrected chi connectivity index (χ2v) is 6.26. The number of aromatic nitrogens is 4. The van der Waals surface area contributed by atoms with Gasteiger partial charge in [-0.1, -0.05) is 6.92 Å². The molecule has 2 aromatic heterocycles. The molecule has 0 atom stereocenters. The highest BCUT2D eigenvalue weighted by molar-refractivity contribution is 14.1. The van der Waals surface area contributed by atoms with E-state index in [4.69, 9.17) is 9.97 Å². The first-order valence-corrected chi connectivity index (χ1v) is 8.06. The van der Waals surface area contributed by atoms with Gasteiger partial charge in [0, 0.05) is 19.5 Å². The minimum atomic E-state index is 0.610. The SMILES string of the molecule is CCCNc1nc(-c2cncn2C)nc(C2CC2)c1I. The maximum atomic E-state index is 4.79. The van der Waals surface area contributed by atoms with Gasteiger partial charge in [-0.3, -0.25) is 0 Å². The molecule has 5 nitrogen and oxygen atoms in total. The standard InChI is InChI=1S/C14H18IN5/c1-3-6-17-14-11(15)12(9-4-5-9)18-13(19-14)10-7-16-8-20(10)2/h7-9H,3-6H2,1-2H3,(H,17,18,19). The Bertz CT molecular complexity index is 618. The van der Waals surface area contributed by atoms with Crippen LogP contribution in [0.1, 0.15) is 37.8 Å². The summed E-state index contributed by atoms with van der Waals surface area (Å²) in [7, 11) is 1.97. The Balaban J connectivity index is 2.06. The lowest BCUT2D eigenvalue weighted by atomic mass is 10.2. The van der Waals surface area contributed by atoms with Gasteiger partial charge in [0.2, 0.25) is 0 Å². The zero-order valence-corrected chi connectivity index (χ0v) is 13.9. The van der Waals surface area contributed by atoms with Gasteiger partial charge in [0.1, 0.15) is 11.5 Å². The van der Waals surface area contributed by atoms with Crippen molar-refractivity contribution in [3.05, 3.63) is 21.8 Å². The highest BCUT2D eigenvalue weighted by Crippen LogP contribution is 2.42. The molecule has 0 saturated heterocycles. The molecule has 0 spiro atoms. The van der Waals surface area contributed by atoms with E-state index in [-0.39, 0.29) is 0 Å². The molecule has 0 bridgehead atoms. The summed E-state index contributed by atoms with van der Waals surface area (Å²) >= 11 is 2.37. The lowest BCUT2D eigenvalue weighted by Gasteiger charge is -2.12. The van der Waals surface area contributed by atoms with E-state index in [2.05, 4.69) is 39.8 Å².